The number of carbonyl (C=O) groups is 1. The molecule has 6 nitrogen and oxygen atoms in total. The van der Waals surface area contributed by atoms with Crippen LogP contribution in [0.1, 0.15) is 36.2 Å². The van der Waals surface area contributed by atoms with Crippen molar-refractivity contribution < 1.29 is 14.3 Å². The van der Waals surface area contributed by atoms with Gasteiger partial charge in [0.1, 0.15) is 11.1 Å². The van der Waals surface area contributed by atoms with Gasteiger partial charge in [0.2, 0.25) is 5.91 Å². The first-order valence-corrected chi connectivity index (χ1v) is 10.6. The highest BCUT2D eigenvalue weighted by molar-refractivity contribution is 8.00. The Bertz CT molecular complexity index is 894. The summed E-state index contributed by atoms with van der Waals surface area (Å²) in [6.45, 7) is 9.29. The molecule has 154 valence electrons. The minimum absolute atomic E-state index is 0.0872. The van der Waals surface area contributed by atoms with Crippen LogP contribution in [0.3, 0.4) is 0 Å². The molecule has 1 heterocycles. The fourth-order valence-corrected chi connectivity index (χ4v) is 3.75. The molecule has 0 atom stereocenters. The largest absolute Gasteiger partial charge is 0.490 e. The Balaban J connectivity index is 1.88. The van der Waals surface area contributed by atoms with E-state index in [0.29, 0.717) is 36.8 Å². The predicted molar refractivity (Wildman–Crippen MR) is 115 cm³/mol. The molecule has 0 radical (unpaired) electrons. The summed E-state index contributed by atoms with van der Waals surface area (Å²) < 4.78 is 11.2. The van der Waals surface area contributed by atoms with Gasteiger partial charge >= 0.3 is 0 Å². The smallest absolute Gasteiger partial charge is 0.230 e. The van der Waals surface area contributed by atoms with E-state index >= 15 is 0 Å². The molecule has 0 aliphatic carbocycles. The summed E-state index contributed by atoms with van der Waals surface area (Å²) in [5, 5.41) is 12.8. The van der Waals surface area contributed by atoms with Gasteiger partial charge in [0.15, 0.2) is 11.5 Å². The standard InChI is InChI=1S/C22H27N3O3S/c1-5-27-19-8-7-17(12-20(19)28-6-2)9-10-24-21(26)14-29-22-18(13-23)15(3)11-16(4)25-22/h7-8,11-12H,5-6,9-10,14H2,1-4H3,(H,24,26). The lowest BCUT2D eigenvalue weighted by atomic mass is 10.1. The molecule has 2 aromatic rings. The first-order valence-electron chi connectivity index (χ1n) is 9.64. The molecule has 0 saturated heterocycles. The zero-order valence-electron chi connectivity index (χ0n) is 17.4. The summed E-state index contributed by atoms with van der Waals surface area (Å²) in [4.78, 5) is 16.6. The Morgan fingerprint density at radius 3 is 2.59 bits per heavy atom. The Labute approximate surface area is 176 Å². The minimum atomic E-state index is -0.0872. The molecule has 0 bridgehead atoms. The first-order chi connectivity index (χ1) is 14.0. The molecule has 1 aromatic carbocycles. The molecule has 1 amide bonds. The molecule has 29 heavy (non-hydrogen) atoms. The number of nitrogens with zero attached hydrogens (tertiary/aromatic N) is 2. The molecule has 1 N–H and O–H groups in total. The lowest BCUT2D eigenvalue weighted by molar-refractivity contribution is -0.118. The van der Waals surface area contributed by atoms with Gasteiger partial charge in [0.25, 0.3) is 0 Å². The number of aryl methyl sites for hydroxylation is 2. The van der Waals surface area contributed by atoms with Crippen LogP contribution in [-0.2, 0) is 11.2 Å². The van der Waals surface area contributed by atoms with Gasteiger partial charge in [0.05, 0.1) is 24.5 Å². The van der Waals surface area contributed by atoms with E-state index in [1.807, 2.05) is 52.0 Å². The molecule has 7 heteroatoms. The van der Waals surface area contributed by atoms with Crippen LogP contribution in [0.5, 0.6) is 11.5 Å². The van der Waals surface area contributed by atoms with Crippen molar-refractivity contribution in [2.24, 2.45) is 0 Å². The second-order valence-corrected chi connectivity index (χ2v) is 7.37. The van der Waals surface area contributed by atoms with Crippen molar-refractivity contribution in [2.75, 3.05) is 25.5 Å². The van der Waals surface area contributed by atoms with Crippen molar-refractivity contribution in [3.8, 4) is 17.6 Å². The molecule has 0 aliphatic heterocycles. The number of thioether (sulfide) groups is 1. The van der Waals surface area contributed by atoms with Crippen LogP contribution in [-0.4, -0.2) is 36.4 Å². The fourth-order valence-electron chi connectivity index (χ4n) is 2.83. The number of carbonyl (C=O) groups excluding carboxylic acids is 1. The van der Waals surface area contributed by atoms with Crippen LogP contribution < -0.4 is 14.8 Å². The molecular formula is C22H27N3O3S. The Morgan fingerprint density at radius 1 is 1.17 bits per heavy atom. The number of nitriles is 1. The number of ether oxygens (including phenoxy) is 2. The van der Waals surface area contributed by atoms with E-state index in [0.717, 1.165) is 28.3 Å². The van der Waals surface area contributed by atoms with Crippen molar-refractivity contribution in [3.63, 3.8) is 0 Å². The highest BCUT2D eigenvalue weighted by Crippen LogP contribution is 2.28. The Hall–Kier alpha value is -2.72. The summed E-state index contributed by atoms with van der Waals surface area (Å²) in [5.74, 6) is 1.58. The SMILES string of the molecule is CCOc1ccc(CCNC(=O)CSc2nc(C)cc(C)c2C#N)cc1OCC. The summed E-state index contributed by atoms with van der Waals surface area (Å²) >= 11 is 1.29. The number of nitrogens with one attached hydrogen (secondary N) is 1. The Kier molecular flexibility index (Phi) is 8.81. The van der Waals surface area contributed by atoms with E-state index in [9.17, 15) is 10.1 Å². The molecule has 0 aliphatic rings. The van der Waals surface area contributed by atoms with E-state index in [1.165, 1.54) is 11.8 Å². The molecule has 0 saturated carbocycles. The van der Waals surface area contributed by atoms with Crippen LogP contribution in [0.15, 0.2) is 29.3 Å². The van der Waals surface area contributed by atoms with Gasteiger partial charge in [-0.3, -0.25) is 4.79 Å². The zero-order chi connectivity index (χ0) is 21.2. The maximum Gasteiger partial charge on any atom is 0.230 e. The van der Waals surface area contributed by atoms with Gasteiger partial charge in [-0.2, -0.15) is 5.26 Å². The minimum Gasteiger partial charge on any atom is -0.490 e. The van der Waals surface area contributed by atoms with Crippen molar-refractivity contribution >= 4 is 17.7 Å². The lowest BCUT2D eigenvalue weighted by Gasteiger charge is -2.12. The van der Waals surface area contributed by atoms with Crippen molar-refractivity contribution in [3.05, 3.63) is 46.6 Å². The Morgan fingerprint density at radius 2 is 1.90 bits per heavy atom. The van der Waals surface area contributed by atoms with E-state index in [1.54, 1.807) is 0 Å². The molecular weight excluding hydrogens is 386 g/mol. The normalized spacial score (nSPS) is 10.3. The number of pyridine rings is 1. The van der Waals surface area contributed by atoms with Gasteiger partial charge < -0.3 is 14.8 Å². The third-order valence-electron chi connectivity index (χ3n) is 4.11. The predicted octanol–water partition coefficient (Wildman–Crippen LogP) is 3.82. The number of hydrogen-bond donors (Lipinski definition) is 1. The highest BCUT2D eigenvalue weighted by atomic mass is 32.2. The first kappa shape index (κ1) is 22.6. The number of amides is 1. The molecule has 1 aromatic heterocycles. The fraction of sp³-hybridized carbons (Fsp3) is 0.409. The molecule has 0 unspecified atom stereocenters. The van der Waals surface area contributed by atoms with E-state index in [2.05, 4.69) is 16.4 Å². The van der Waals surface area contributed by atoms with Gasteiger partial charge in [-0.15, -0.1) is 0 Å². The maximum atomic E-state index is 12.2. The number of aromatic nitrogens is 1. The molecule has 2 rings (SSSR count). The monoisotopic (exact) mass is 413 g/mol. The van der Waals surface area contributed by atoms with Gasteiger partial charge in [-0.25, -0.2) is 4.98 Å². The van der Waals surface area contributed by atoms with Crippen molar-refractivity contribution in [2.45, 2.75) is 39.1 Å². The summed E-state index contributed by atoms with van der Waals surface area (Å²) in [7, 11) is 0. The average Bonchev–Trinajstić information content (AvgIpc) is 2.68. The van der Waals surface area contributed by atoms with Gasteiger partial charge in [0, 0.05) is 12.2 Å². The topological polar surface area (TPSA) is 84.2 Å². The number of hydrogen-bond acceptors (Lipinski definition) is 6. The third-order valence-corrected chi connectivity index (χ3v) is 5.08. The molecule has 0 spiro atoms. The van der Waals surface area contributed by atoms with E-state index in [-0.39, 0.29) is 11.7 Å². The third kappa shape index (κ3) is 6.68. The number of rotatable bonds is 10. The quantitative estimate of drug-likeness (QED) is 0.596. The van der Waals surface area contributed by atoms with Gasteiger partial charge in [-0.1, -0.05) is 17.8 Å². The molecule has 0 fully saturated rings. The van der Waals surface area contributed by atoms with E-state index in [4.69, 9.17) is 9.47 Å². The van der Waals surface area contributed by atoms with Gasteiger partial charge in [-0.05, 0) is 63.4 Å². The van der Waals surface area contributed by atoms with Crippen LogP contribution >= 0.6 is 11.8 Å². The van der Waals surface area contributed by atoms with Crippen LogP contribution in [0.4, 0.5) is 0 Å². The number of benzene rings is 1. The van der Waals surface area contributed by atoms with Crippen molar-refractivity contribution in [1.82, 2.24) is 10.3 Å². The summed E-state index contributed by atoms with van der Waals surface area (Å²) in [6.07, 6.45) is 0.689. The van der Waals surface area contributed by atoms with Crippen LogP contribution in [0.25, 0.3) is 0 Å². The van der Waals surface area contributed by atoms with Crippen LogP contribution in [0, 0.1) is 25.2 Å². The zero-order valence-corrected chi connectivity index (χ0v) is 18.2. The average molecular weight is 414 g/mol. The van der Waals surface area contributed by atoms with Crippen LogP contribution in [0.2, 0.25) is 0 Å². The van der Waals surface area contributed by atoms with Crippen molar-refractivity contribution in [1.29, 1.82) is 5.26 Å². The summed E-state index contributed by atoms with van der Waals surface area (Å²) in [5.41, 5.74) is 3.31. The lowest BCUT2D eigenvalue weighted by Crippen LogP contribution is -2.27. The maximum absolute atomic E-state index is 12.2. The summed E-state index contributed by atoms with van der Waals surface area (Å²) in [6, 6.07) is 9.87. The second kappa shape index (κ2) is 11.3. The van der Waals surface area contributed by atoms with E-state index < -0.39 is 0 Å². The second-order valence-electron chi connectivity index (χ2n) is 6.41. The highest BCUT2D eigenvalue weighted by Gasteiger charge is 2.12.